The molecule has 0 aromatic heterocycles. The number of nitrogens with two attached hydrogens (primary N) is 1. The largest absolute Gasteiger partial charge is 0.397 e. The Balaban J connectivity index is 0.000000774. The third-order valence-electron chi connectivity index (χ3n) is 3.27. The molecule has 3 rings (SSSR count). The lowest BCUT2D eigenvalue weighted by Crippen LogP contribution is -2.15. The molecule has 3 nitrogen and oxygen atoms in total. The minimum atomic E-state index is -0.0888. The van der Waals surface area contributed by atoms with Crippen LogP contribution in [0, 0.1) is 0 Å². The number of hydrogen-bond donors (Lipinski definition) is 2. The second-order valence-corrected chi connectivity index (χ2v) is 4.59. The molecular weight excluding hydrogens is 260 g/mol. The molecule has 0 heterocycles. The summed E-state index contributed by atoms with van der Waals surface area (Å²) < 4.78 is 0. The van der Waals surface area contributed by atoms with E-state index in [1.807, 2.05) is 56.3 Å². The molecule has 1 aliphatic carbocycles. The van der Waals surface area contributed by atoms with Crippen LogP contribution in [-0.2, 0) is 11.2 Å². The van der Waals surface area contributed by atoms with Crippen molar-refractivity contribution in [1.82, 2.24) is 0 Å². The standard InChI is InChI=1S/C16H14N2O.C2H6/c17-14-7-3-4-8-15(14)18-16(19)13-9-11-5-1-2-6-12(11)10-13;1-2/h1-9H,10,17H2,(H,18,19);1-2H3. The van der Waals surface area contributed by atoms with E-state index < -0.39 is 0 Å². The number of rotatable bonds is 2. The SMILES string of the molecule is CC.Nc1ccccc1NC(=O)C1=Cc2ccccc2C1. The smallest absolute Gasteiger partial charge is 0.252 e. The summed E-state index contributed by atoms with van der Waals surface area (Å²) in [5.74, 6) is -0.0888. The third-order valence-corrected chi connectivity index (χ3v) is 3.27. The molecule has 0 bridgehead atoms. The topological polar surface area (TPSA) is 55.1 Å². The highest BCUT2D eigenvalue weighted by molar-refractivity contribution is 6.09. The van der Waals surface area contributed by atoms with Gasteiger partial charge in [0.05, 0.1) is 11.4 Å². The molecule has 0 atom stereocenters. The summed E-state index contributed by atoms with van der Waals surface area (Å²) in [6, 6.07) is 15.3. The number of fused-ring (bicyclic) bond motifs is 1. The summed E-state index contributed by atoms with van der Waals surface area (Å²) in [6.07, 6.45) is 2.61. The van der Waals surface area contributed by atoms with E-state index in [2.05, 4.69) is 5.32 Å². The van der Waals surface area contributed by atoms with Gasteiger partial charge in [0, 0.05) is 12.0 Å². The van der Waals surface area contributed by atoms with E-state index in [0.717, 1.165) is 11.1 Å². The minimum Gasteiger partial charge on any atom is -0.397 e. The average molecular weight is 280 g/mol. The zero-order valence-corrected chi connectivity index (χ0v) is 12.4. The Hall–Kier alpha value is -2.55. The highest BCUT2D eigenvalue weighted by Gasteiger charge is 2.18. The number of carbonyl (C=O) groups excluding carboxylic acids is 1. The molecule has 3 heteroatoms. The van der Waals surface area contributed by atoms with Crippen LogP contribution in [-0.4, -0.2) is 5.91 Å². The molecule has 0 aliphatic heterocycles. The predicted molar refractivity (Wildman–Crippen MR) is 89.0 cm³/mol. The number of nitrogens with one attached hydrogen (secondary N) is 1. The summed E-state index contributed by atoms with van der Waals surface area (Å²) >= 11 is 0. The molecule has 2 aromatic rings. The van der Waals surface area contributed by atoms with E-state index in [9.17, 15) is 4.79 Å². The number of carbonyl (C=O) groups is 1. The fraction of sp³-hybridized carbons (Fsp3) is 0.167. The van der Waals surface area contributed by atoms with Gasteiger partial charge in [-0.3, -0.25) is 4.79 Å². The fourth-order valence-corrected chi connectivity index (χ4v) is 2.24. The van der Waals surface area contributed by atoms with Crippen molar-refractivity contribution < 1.29 is 4.79 Å². The molecular formula is C18H20N2O. The number of benzene rings is 2. The van der Waals surface area contributed by atoms with Gasteiger partial charge in [-0.1, -0.05) is 50.2 Å². The lowest BCUT2D eigenvalue weighted by Gasteiger charge is -2.08. The molecule has 21 heavy (non-hydrogen) atoms. The van der Waals surface area contributed by atoms with Crippen molar-refractivity contribution in [2.24, 2.45) is 0 Å². The quantitative estimate of drug-likeness (QED) is 0.820. The molecule has 0 saturated heterocycles. The van der Waals surface area contributed by atoms with Gasteiger partial charge in [0.1, 0.15) is 0 Å². The van der Waals surface area contributed by atoms with Gasteiger partial charge in [-0.05, 0) is 29.3 Å². The van der Waals surface area contributed by atoms with Crippen LogP contribution in [0.15, 0.2) is 54.1 Å². The van der Waals surface area contributed by atoms with Gasteiger partial charge in [-0.2, -0.15) is 0 Å². The second kappa shape index (κ2) is 6.75. The molecule has 1 amide bonds. The molecule has 0 saturated carbocycles. The van der Waals surface area contributed by atoms with Gasteiger partial charge >= 0.3 is 0 Å². The van der Waals surface area contributed by atoms with Gasteiger partial charge in [0.15, 0.2) is 0 Å². The van der Waals surface area contributed by atoms with Crippen LogP contribution in [0.5, 0.6) is 0 Å². The molecule has 2 aromatic carbocycles. The minimum absolute atomic E-state index is 0.0888. The second-order valence-electron chi connectivity index (χ2n) is 4.59. The highest BCUT2D eigenvalue weighted by atomic mass is 16.1. The average Bonchev–Trinajstić information content (AvgIpc) is 2.96. The number of anilines is 2. The van der Waals surface area contributed by atoms with Crippen LogP contribution < -0.4 is 11.1 Å². The van der Waals surface area contributed by atoms with Gasteiger partial charge in [0.25, 0.3) is 5.91 Å². The normalized spacial score (nSPS) is 11.8. The van der Waals surface area contributed by atoms with Crippen LogP contribution >= 0.6 is 0 Å². The molecule has 0 radical (unpaired) electrons. The van der Waals surface area contributed by atoms with E-state index in [0.29, 0.717) is 17.8 Å². The number of para-hydroxylation sites is 2. The number of amides is 1. The van der Waals surface area contributed by atoms with Crippen molar-refractivity contribution in [1.29, 1.82) is 0 Å². The lowest BCUT2D eigenvalue weighted by atomic mass is 10.1. The van der Waals surface area contributed by atoms with Crippen LogP contribution in [0.1, 0.15) is 25.0 Å². The van der Waals surface area contributed by atoms with Gasteiger partial charge < -0.3 is 11.1 Å². The van der Waals surface area contributed by atoms with E-state index >= 15 is 0 Å². The number of hydrogen-bond acceptors (Lipinski definition) is 2. The Labute approximate surface area is 125 Å². The van der Waals surface area contributed by atoms with E-state index in [-0.39, 0.29) is 5.91 Å². The molecule has 0 fully saturated rings. The molecule has 3 N–H and O–H groups in total. The van der Waals surface area contributed by atoms with Crippen molar-refractivity contribution in [2.75, 3.05) is 11.1 Å². The van der Waals surface area contributed by atoms with Crippen molar-refractivity contribution in [2.45, 2.75) is 20.3 Å². The monoisotopic (exact) mass is 280 g/mol. The first kappa shape index (κ1) is 14.9. The Morgan fingerprint density at radius 1 is 1.05 bits per heavy atom. The van der Waals surface area contributed by atoms with Crippen LogP contribution in [0.3, 0.4) is 0 Å². The lowest BCUT2D eigenvalue weighted by molar-refractivity contribution is -0.112. The first-order valence-corrected chi connectivity index (χ1v) is 7.18. The number of nitrogen functional groups attached to an aromatic ring is 1. The molecule has 1 aliphatic rings. The van der Waals surface area contributed by atoms with Gasteiger partial charge in [0.2, 0.25) is 0 Å². The van der Waals surface area contributed by atoms with Crippen LogP contribution in [0.4, 0.5) is 11.4 Å². The maximum absolute atomic E-state index is 12.2. The maximum Gasteiger partial charge on any atom is 0.252 e. The first-order chi connectivity index (χ1) is 10.2. The van der Waals surface area contributed by atoms with E-state index in [4.69, 9.17) is 5.73 Å². The molecule has 0 spiro atoms. The van der Waals surface area contributed by atoms with Crippen molar-refractivity contribution >= 4 is 23.4 Å². The summed E-state index contributed by atoms with van der Waals surface area (Å²) in [6.45, 7) is 4.00. The Morgan fingerprint density at radius 3 is 2.43 bits per heavy atom. The summed E-state index contributed by atoms with van der Waals surface area (Å²) in [4.78, 5) is 12.2. The molecule has 108 valence electrons. The maximum atomic E-state index is 12.2. The highest BCUT2D eigenvalue weighted by Crippen LogP contribution is 2.26. The Bertz CT molecular complexity index is 674. The van der Waals surface area contributed by atoms with Gasteiger partial charge in [-0.15, -0.1) is 0 Å². The first-order valence-electron chi connectivity index (χ1n) is 7.18. The zero-order chi connectivity index (χ0) is 15.2. The molecule has 0 unspecified atom stereocenters. The van der Waals surface area contributed by atoms with Crippen molar-refractivity contribution in [3.8, 4) is 0 Å². The predicted octanol–water partition coefficient (Wildman–Crippen LogP) is 3.87. The van der Waals surface area contributed by atoms with Crippen molar-refractivity contribution in [3.05, 3.63) is 65.2 Å². The summed E-state index contributed by atoms with van der Waals surface area (Å²) in [5.41, 5.74) is 10.1. The summed E-state index contributed by atoms with van der Waals surface area (Å²) in [5, 5.41) is 2.85. The fourth-order valence-electron chi connectivity index (χ4n) is 2.24. The Kier molecular flexibility index (Phi) is 4.77. The van der Waals surface area contributed by atoms with Crippen LogP contribution in [0.2, 0.25) is 0 Å². The van der Waals surface area contributed by atoms with E-state index in [1.54, 1.807) is 12.1 Å². The van der Waals surface area contributed by atoms with Crippen molar-refractivity contribution in [3.63, 3.8) is 0 Å². The summed E-state index contributed by atoms with van der Waals surface area (Å²) in [7, 11) is 0. The van der Waals surface area contributed by atoms with E-state index in [1.165, 1.54) is 5.56 Å². The third kappa shape index (κ3) is 3.31. The zero-order valence-electron chi connectivity index (χ0n) is 12.4. The van der Waals surface area contributed by atoms with Gasteiger partial charge in [-0.25, -0.2) is 0 Å². The Morgan fingerprint density at radius 2 is 1.71 bits per heavy atom. The van der Waals surface area contributed by atoms with Crippen LogP contribution in [0.25, 0.3) is 6.08 Å².